The molecule has 16 heavy (non-hydrogen) atoms. The number of hydrogen-bond acceptors (Lipinski definition) is 2. The Balaban J connectivity index is 0.000000606. The lowest BCUT2D eigenvalue weighted by molar-refractivity contribution is 0.255. The van der Waals surface area contributed by atoms with Gasteiger partial charge in [0.15, 0.2) is 0 Å². The molecule has 1 heterocycles. The molecule has 0 spiro atoms. The summed E-state index contributed by atoms with van der Waals surface area (Å²) in [6, 6.07) is 8.94. The molecule has 1 fully saturated rings. The first-order valence-electron chi connectivity index (χ1n) is 5.74. The van der Waals surface area contributed by atoms with Crippen molar-refractivity contribution in [2.45, 2.75) is 18.8 Å². The lowest BCUT2D eigenvalue weighted by Crippen LogP contribution is -2.29. The SMILES string of the molecule is CN1CCC(c2ccc(P)cc2)CC1.CO. The van der Waals surface area contributed by atoms with Crippen LogP contribution in [0.3, 0.4) is 0 Å². The number of likely N-dealkylation sites (tertiary alicyclic amines) is 1. The highest BCUT2D eigenvalue weighted by Gasteiger charge is 2.17. The van der Waals surface area contributed by atoms with Crippen LogP contribution in [0.2, 0.25) is 0 Å². The summed E-state index contributed by atoms with van der Waals surface area (Å²) in [5.74, 6) is 0.789. The number of hydrogen-bond donors (Lipinski definition) is 1. The molecule has 0 radical (unpaired) electrons. The molecule has 1 N–H and O–H groups in total. The van der Waals surface area contributed by atoms with Gasteiger partial charge < -0.3 is 10.0 Å². The molecule has 1 aliphatic rings. The van der Waals surface area contributed by atoms with Crippen molar-refractivity contribution >= 4 is 14.5 Å². The van der Waals surface area contributed by atoms with Gasteiger partial charge in [0.05, 0.1) is 0 Å². The van der Waals surface area contributed by atoms with Crippen molar-refractivity contribution in [1.82, 2.24) is 4.90 Å². The molecule has 1 aromatic rings. The molecule has 0 aliphatic carbocycles. The van der Waals surface area contributed by atoms with Crippen LogP contribution in [-0.4, -0.2) is 37.3 Å². The lowest BCUT2D eigenvalue weighted by atomic mass is 9.90. The fourth-order valence-corrected chi connectivity index (χ4v) is 2.30. The zero-order valence-corrected chi connectivity index (χ0v) is 11.3. The van der Waals surface area contributed by atoms with Crippen molar-refractivity contribution in [1.29, 1.82) is 0 Å². The second-order valence-corrected chi connectivity index (χ2v) is 4.91. The Bertz CT molecular complexity index is 291. The van der Waals surface area contributed by atoms with Crippen LogP contribution in [0, 0.1) is 0 Å². The molecular weight excluding hydrogens is 217 g/mol. The summed E-state index contributed by atoms with van der Waals surface area (Å²) in [4.78, 5) is 2.42. The summed E-state index contributed by atoms with van der Waals surface area (Å²) in [6.07, 6.45) is 2.62. The lowest BCUT2D eigenvalue weighted by Gasteiger charge is -2.29. The van der Waals surface area contributed by atoms with E-state index in [9.17, 15) is 0 Å². The summed E-state index contributed by atoms with van der Waals surface area (Å²) in [6.45, 7) is 2.49. The molecule has 0 aromatic heterocycles. The Labute approximate surface area is 101 Å². The van der Waals surface area contributed by atoms with Gasteiger partial charge in [-0.1, -0.05) is 24.3 Å². The fourth-order valence-electron chi connectivity index (χ4n) is 2.11. The summed E-state index contributed by atoms with van der Waals surface area (Å²) < 4.78 is 0. The van der Waals surface area contributed by atoms with Crippen LogP contribution >= 0.6 is 9.24 Å². The number of piperidine rings is 1. The zero-order valence-electron chi connectivity index (χ0n) is 10.2. The molecule has 3 heteroatoms. The Morgan fingerprint density at radius 3 is 2.12 bits per heavy atom. The van der Waals surface area contributed by atoms with Crippen LogP contribution in [0.1, 0.15) is 24.3 Å². The summed E-state index contributed by atoms with van der Waals surface area (Å²) in [7, 11) is 5.95. The van der Waals surface area contributed by atoms with E-state index >= 15 is 0 Å². The minimum atomic E-state index is 0.789. The Hall–Kier alpha value is -0.430. The maximum Gasteiger partial charge on any atom is 0.0319 e. The number of aliphatic hydroxyl groups excluding tert-OH is 1. The highest BCUT2D eigenvalue weighted by atomic mass is 31.0. The average molecular weight is 239 g/mol. The van der Waals surface area contributed by atoms with Gasteiger partial charge in [0.2, 0.25) is 0 Å². The predicted octanol–water partition coefficient (Wildman–Crippen LogP) is 1.60. The smallest absolute Gasteiger partial charge is 0.0319 e. The molecule has 0 bridgehead atoms. The number of nitrogens with zero attached hydrogens (tertiary/aromatic N) is 1. The largest absolute Gasteiger partial charge is 0.400 e. The van der Waals surface area contributed by atoms with Crippen LogP contribution in [0.25, 0.3) is 0 Å². The van der Waals surface area contributed by atoms with Crippen LogP contribution in [0.5, 0.6) is 0 Å². The molecule has 1 aromatic carbocycles. The van der Waals surface area contributed by atoms with E-state index < -0.39 is 0 Å². The average Bonchev–Trinajstić information content (AvgIpc) is 2.34. The maximum absolute atomic E-state index is 7.00. The van der Waals surface area contributed by atoms with Gasteiger partial charge >= 0.3 is 0 Å². The predicted molar refractivity (Wildman–Crippen MR) is 73.4 cm³/mol. The minimum absolute atomic E-state index is 0.789. The monoisotopic (exact) mass is 239 g/mol. The minimum Gasteiger partial charge on any atom is -0.400 e. The summed E-state index contributed by atoms with van der Waals surface area (Å²) in [5, 5.41) is 8.28. The van der Waals surface area contributed by atoms with E-state index in [0.717, 1.165) is 13.0 Å². The zero-order chi connectivity index (χ0) is 12.0. The third-order valence-corrected chi connectivity index (χ3v) is 3.51. The van der Waals surface area contributed by atoms with Crippen LogP contribution < -0.4 is 5.30 Å². The van der Waals surface area contributed by atoms with Gasteiger partial charge in [0, 0.05) is 7.11 Å². The maximum atomic E-state index is 7.00. The summed E-state index contributed by atoms with van der Waals surface area (Å²) >= 11 is 0. The van der Waals surface area contributed by atoms with Crippen molar-refractivity contribution in [2.75, 3.05) is 27.2 Å². The Morgan fingerprint density at radius 1 is 1.12 bits per heavy atom. The number of rotatable bonds is 1. The van der Waals surface area contributed by atoms with E-state index in [4.69, 9.17) is 5.11 Å². The third-order valence-electron chi connectivity index (χ3n) is 3.13. The highest BCUT2D eigenvalue weighted by Crippen LogP contribution is 2.26. The van der Waals surface area contributed by atoms with Gasteiger partial charge in [0.25, 0.3) is 0 Å². The van der Waals surface area contributed by atoms with Gasteiger partial charge in [-0.3, -0.25) is 0 Å². The second kappa shape index (κ2) is 7.01. The van der Waals surface area contributed by atoms with Gasteiger partial charge in [-0.05, 0) is 49.8 Å². The highest BCUT2D eigenvalue weighted by molar-refractivity contribution is 7.27. The van der Waals surface area contributed by atoms with Crippen LogP contribution in [-0.2, 0) is 0 Å². The van der Waals surface area contributed by atoms with Crippen LogP contribution in [0.15, 0.2) is 24.3 Å². The van der Waals surface area contributed by atoms with E-state index in [-0.39, 0.29) is 0 Å². The standard InChI is InChI=1S/C12H18NP.CH4O/c1-13-8-6-11(7-9-13)10-2-4-12(14)5-3-10;1-2/h2-5,11H,6-9,14H2,1H3;2H,1H3. The van der Waals surface area contributed by atoms with E-state index in [2.05, 4.69) is 45.5 Å². The number of aliphatic hydroxyl groups is 1. The van der Waals surface area contributed by atoms with E-state index in [1.807, 2.05) is 0 Å². The van der Waals surface area contributed by atoms with Crippen molar-refractivity contribution < 1.29 is 5.11 Å². The first-order chi connectivity index (χ1) is 7.75. The van der Waals surface area contributed by atoms with E-state index in [1.165, 1.54) is 36.8 Å². The molecular formula is C13H22NOP. The molecule has 90 valence electrons. The van der Waals surface area contributed by atoms with Crippen molar-refractivity contribution in [3.8, 4) is 0 Å². The number of benzene rings is 1. The van der Waals surface area contributed by atoms with Crippen LogP contribution in [0.4, 0.5) is 0 Å². The molecule has 0 saturated carbocycles. The molecule has 2 rings (SSSR count). The fraction of sp³-hybridized carbons (Fsp3) is 0.538. The Kier molecular flexibility index (Phi) is 5.97. The van der Waals surface area contributed by atoms with Crippen molar-refractivity contribution in [3.63, 3.8) is 0 Å². The topological polar surface area (TPSA) is 23.5 Å². The van der Waals surface area contributed by atoms with E-state index in [1.54, 1.807) is 0 Å². The van der Waals surface area contributed by atoms with Gasteiger partial charge in [0.1, 0.15) is 0 Å². The normalized spacial score (nSPS) is 17.8. The third kappa shape index (κ3) is 3.86. The first-order valence-corrected chi connectivity index (χ1v) is 6.32. The van der Waals surface area contributed by atoms with Gasteiger partial charge in [-0.15, -0.1) is 9.24 Å². The molecule has 0 amide bonds. The first kappa shape index (κ1) is 13.6. The molecule has 1 unspecified atom stereocenters. The second-order valence-electron chi connectivity index (χ2n) is 4.24. The Morgan fingerprint density at radius 2 is 1.62 bits per heavy atom. The van der Waals surface area contributed by atoms with E-state index in [0.29, 0.717) is 0 Å². The molecule has 2 nitrogen and oxygen atoms in total. The summed E-state index contributed by atoms with van der Waals surface area (Å²) in [5.41, 5.74) is 1.52. The van der Waals surface area contributed by atoms with Crippen molar-refractivity contribution in [3.05, 3.63) is 29.8 Å². The van der Waals surface area contributed by atoms with Crippen molar-refractivity contribution in [2.24, 2.45) is 0 Å². The van der Waals surface area contributed by atoms with Gasteiger partial charge in [-0.2, -0.15) is 0 Å². The quantitative estimate of drug-likeness (QED) is 0.753. The molecule has 1 aliphatic heterocycles. The molecule has 1 saturated heterocycles. The molecule has 1 atom stereocenters. The van der Waals surface area contributed by atoms with Gasteiger partial charge in [-0.25, -0.2) is 0 Å².